The highest BCUT2D eigenvalue weighted by molar-refractivity contribution is 7.83. The Balaban J connectivity index is 1.48. The van der Waals surface area contributed by atoms with Crippen LogP contribution in [0.25, 0.3) is 0 Å². The van der Waals surface area contributed by atoms with Crippen LogP contribution in [0.3, 0.4) is 0 Å². The molecule has 1 fully saturated rings. The Morgan fingerprint density at radius 3 is 2.53 bits per heavy atom. The SMILES string of the molecule is CCc1cnc(Nc2ccc(N3CCOCC3)cc2)nc1Nc1cccc(S(=O)NC(C)C)c1. The van der Waals surface area contributed by atoms with Gasteiger partial charge in [-0.1, -0.05) is 13.0 Å². The van der Waals surface area contributed by atoms with Crippen molar-refractivity contribution in [2.75, 3.05) is 41.8 Å². The van der Waals surface area contributed by atoms with Gasteiger partial charge in [0.15, 0.2) is 0 Å². The second kappa shape index (κ2) is 11.4. The first-order valence-electron chi connectivity index (χ1n) is 11.6. The minimum absolute atomic E-state index is 0.127. The van der Waals surface area contributed by atoms with Crippen LogP contribution in [0.5, 0.6) is 0 Å². The first-order chi connectivity index (χ1) is 16.5. The van der Waals surface area contributed by atoms with Crippen LogP contribution in [-0.2, 0) is 22.1 Å². The van der Waals surface area contributed by atoms with E-state index in [1.807, 2.05) is 56.4 Å². The zero-order valence-electron chi connectivity index (χ0n) is 19.9. The Bertz CT molecular complexity index is 1120. The third-order valence-electron chi connectivity index (χ3n) is 5.40. The van der Waals surface area contributed by atoms with Crippen LogP contribution in [-0.4, -0.2) is 46.5 Å². The molecule has 8 nitrogen and oxygen atoms in total. The van der Waals surface area contributed by atoms with E-state index in [4.69, 9.17) is 9.72 Å². The fourth-order valence-corrected chi connectivity index (χ4v) is 4.65. The first-order valence-corrected chi connectivity index (χ1v) is 12.8. The largest absolute Gasteiger partial charge is 0.378 e. The fourth-order valence-electron chi connectivity index (χ4n) is 3.65. The molecule has 1 aliphatic rings. The second-order valence-electron chi connectivity index (χ2n) is 8.39. The Morgan fingerprint density at radius 2 is 1.82 bits per heavy atom. The lowest BCUT2D eigenvalue weighted by Crippen LogP contribution is -2.36. The molecule has 3 N–H and O–H groups in total. The van der Waals surface area contributed by atoms with Crippen LogP contribution >= 0.6 is 0 Å². The van der Waals surface area contributed by atoms with E-state index in [0.717, 1.165) is 55.5 Å². The number of morpholine rings is 1. The summed E-state index contributed by atoms with van der Waals surface area (Å²) in [6.45, 7) is 9.36. The zero-order chi connectivity index (χ0) is 23.9. The number of aryl methyl sites for hydroxylation is 1. The molecule has 9 heteroatoms. The maximum absolute atomic E-state index is 12.5. The van der Waals surface area contributed by atoms with Crippen molar-refractivity contribution in [1.29, 1.82) is 0 Å². The van der Waals surface area contributed by atoms with E-state index in [1.54, 1.807) is 0 Å². The Hall–Kier alpha value is -3.01. The fraction of sp³-hybridized carbons (Fsp3) is 0.360. The summed E-state index contributed by atoms with van der Waals surface area (Å²) in [5.74, 6) is 1.24. The molecular formula is C25H32N6O2S. The third kappa shape index (κ3) is 6.31. The molecule has 34 heavy (non-hydrogen) atoms. The number of rotatable bonds is 9. The highest BCUT2D eigenvalue weighted by atomic mass is 32.2. The number of hydrogen-bond donors (Lipinski definition) is 3. The zero-order valence-corrected chi connectivity index (χ0v) is 20.7. The van der Waals surface area contributed by atoms with Gasteiger partial charge >= 0.3 is 0 Å². The van der Waals surface area contributed by atoms with Gasteiger partial charge in [0.2, 0.25) is 5.95 Å². The van der Waals surface area contributed by atoms with Crippen molar-refractivity contribution in [3.05, 3.63) is 60.3 Å². The van der Waals surface area contributed by atoms with Crippen LogP contribution < -0.4 is 20.3 Å². The standard InChI is InChI=1S/C25H32N6O2S/c1-4-19-17-26-25(28-20-8-10-22(11-9-20)31-12-14-33-15-13-31)29-24(19)27-21-6-5-7-23(16-21)34(32)30-18(2)3/h5-11,16-18,30H,4,12-15H2,1-3H3,(H2,26,27,28,29). The van der Waals surface area contributed by atoms with Crippen LogP contribution in [0.2, 0.25) is 0 Å². The lowest BCUT2D eigenvalue weighted by Gasteiger charge is -2.28. The van der Waals surface area contributed by atoms with Crippen molar-refractivity contribution in [2.45, 2.75) is 38.1 Å². The summed E-state index contributed by atoms with van der Waals surface area (Å²) < 4.78 is 21.0. The Labute approximate surface area is 203 Å². The molecular weight excluding hydrogens is 448 g/mol. The molecule has 0 bridgehead atoms. The van der Waals surface area contributed by atoms with Crippen molar-refractivity contribution in [1.82, 2.24) is 14.7 Å². The van der Waals surface area contributed by atoms with Gasteiger partial charge < -0.3 is 20.3 Å². The molecule has 1 aliphatic heterocycles. The van der Waals surface area contributed by atoms with E-state index in [-0.39, 0.29) is 6.04 Å². The van der Waals surface area contributed by atoms with E-state index in [0.29, 0.717) is 10.8 Å². The lowest BCUT2D eigenvalue weighted by atomic mass is 10.2. The summed E-state index contributed by atoms with van der Waals surface area (Å²) in [5, 5.41) is 6.68. The molecule has 1 unspecified atom stereocenters. The summed E-state index contributed by atoms with van der Waals surface area (Å²) in [4.78, 5) is 12.2. The minimum Gasteiger partial charge on any atom is -0.378 e. The Kier molecular flexibility index (Phi) is 8.10. The average Bonchev–Trinajstić information content (AvgIpc) is 2.85. The monoisotopic (exact) mass is 480 g/mol. The second-order valence-corrected chi connectivity index (χ2v) is 9.63. The van der Waals surface area contributed by atoms with Crippen LogP contribution in [0, 0.1) is 0 Å². The van der Waals surface area contributed by atoms with Crippen LogP contribution in [0.15, 0.2) is 59.6 Å². The molecule has 1 aromatic heterocycles. The molecule has 2 heterocycles. The molecule has 0 amide bonds. The first kappa shape index (κ1) is 24.1. The quantitative estimate of drug-likeness (QED) is 0.419. The highest BCUT2D eigenvalue weighted by Crippen LogP contribution is 2.24. The van der Waals surface area contributed by atoms with Gasteiger partial charge in [-0.05, 0) is 62.7 Å². The van der Waals surface area contributed by atoms with E-state index >= 15 is 0 Å². The summed E-state index contributed by atoms with van der Waals surface area (Å²) in [6, 6.07) is 16.0. The molecule has 0 aliphatic carbocycles. The Morgan fingerprint density at radius 1 is 1.06 bits per heavy atom. The molecule has 2 aromatic carbocycles. The van der Waals surface area contributed by atoms with Gasteiger partial charge in [0, 0.05) is 48.0 Å². The molecule has 1 atom stereocenters. The van der Waals surface area contributed by atoms with E-state index in [9.17, 15) is 4.21 Å². The molecule has 0 radical (unpaired) electrons. The maximum atomic E-state index is 12.5. The third-order valence-corrected chi connectivity index (χ3v) is 6.77. The highest BCUT2D eigenvalue weighted by Gasteiger charge is 2.12. The predicted molar refractivity (Wildman–Crippen MR) is 139 cm³/mol. The van der Waals surface area contributed by atoms with Crippen molar-refractivity contribution >= 4 is 39.8 Å². The van der Waals surface area contributed by atoms with Gasteiger partial charge in [-0.3, -0.25) is 0 Å². The summed E-state index contributed by atoms with van der Waals surface area (Å²) >= 11 is 0. The van der Waals surface area contributed by atoms with Crippen molar-refractivity contribution in [3.8, 4) is 0 Å². The molecule has 0 saturated carbocycles. The number of ether oxygens (including phenoxy) is 1. The van der Waals surface area contributed by atoms with Crippen molar-refractivity contribution < 1.29 is 8.95 Å². The van der Waals surface area contributed by atoms with Gasteiger partial charge in [0.25, 0.3) is 0 Å². The summed E-state index contributed by atoms with van der Waals surface area (Å²) in [5.41, 5.74) is 3.93. The van der Waals surface area contributed by atoms with Gasteiger partial charge in [0.1, 0.15) is 16.8 Å². The topological polar surface area (TPSA) is 91.4 Å². The van der Waals surface area contributed by atoms with Crippen molar-refractivity contribution in [3.63, 3.8) is 0 Å². The van der Waals surface area contributed by atoms with Crippen molar-refractivity contribution in [2.24, 2.45) is 0 Å². The summed E-state index contributed by atoms with van der Waals surface area (Å²) in [7, 11) is -1.27. The molecule has 0 spiro atoms. The normalized spacial score (nSPS) is 14.8. The number of benzene rings is 2. The van der Waals surface area contributed by atoms with Crippen LogP contribution in [0.4, 0.5) is 28.8 Å². The number of aromatic nitrogens is 2. The smallest absolute Gasteiger partial charge is 0.229 e. The lowest BCUT2D eigenvalue weighted by molar-refractivity contribution is 0.122. The van der Waals surface area contributed by atoms with Gasteiger partial charge in [-0.25, -0.2) is 13.9 Å². The van der Waals surface area contributed by atoms with Gasteiger partial charge in [-0.15, -0.1) is 0 Å². The molecule has 180 valence electrons. The van der Waals surface area contributed by atoms with E-state index < -0.39 is 11.0 Å². The summed E-state index contributed by atoms with van der Waals surface area (Å²) in [6.07, 6.45) is 2.62. The number of anilines is 5. The number of nitrogens with one attached hydrogen (secondary N) is 3. The van der Waals surface area contributed by atoms with Gasteiger partial charge in [0.05, 0.1) is 18.1 Å². The molecule has 1 saturated heterocycles. The molecule has 3 aromatic rings. The predicted octanol–water partition coefficient (Wildman–Crippen LogP) is 4.38. The van der Waals surface area contributed by atoms with Gasteiger partial charge in [-0.2, -0.15) is 4.98 Å². The average molecular weight is 481 g/mol. The van der Waals surface area contributed by atoms with E-state index in [1.165, 1.54) is 5.69 Å². The molecule has 4 rings (SSSR count). The number of nitrogens with zero attached hydrogens (tertiary/aromatic N) is 3. The minimum atomic E-state index is -1.27. The number of hydrogen-bond acceptors (Lipinski definition) is 7. The van der Waals surface area contributed by atoms with E-state index in [2.05, 4.69) is 44.3 Å². The van der Waals surface area contributed by atoms with Crippen LogP contribution in [0.1, 0.15) is 26.3 Å². The maximum Gasteiger partial charge on any atom is 0.229 e.